The summed E-state index contributed by atoms with van der Waals surface area (Å²) in [6.45, 7) is 0. The van der Waals surface area contributed by atoms with Gasteiger partial charge in [0.2, 0.25) is 11.8 Å². The van der Waals surface area contributed by atoms with E-state index >= 15 is 0 Å². The van der Waals surface area contributed by atoms with Gasteiger partial charge in [0.05, 0.1) is 17.1 Å². The maximum Gasteiger partial charge on any atom is 0.235 e. The van der Waals surface area contributed by atoms with Gasteiger partial charge in [-0.25, -0.2) is 0 Å². The van der Waals surface area contributed by atoms with Crippen LogP contribution in [0.3, 0.4) is 0 Å². The first-order valence-corrected chi connectivity index (χ1v) is 6.35. The van der Waals surface area contributed by atoms with Gasteiger partial charge in [0, 0.05) is 24.4 Å². The van der Waals surface area contributed by atoms with Gasteiger partial charge in [-0.3, -0.25) is 24.4 Å². The van der Waals surface area contributed by atoms with E-state index in [2.05, 4.69) is 10.4 Å². The van der Waals surface area contributed by atoms with Crippen LogP contribution in [-0.2, 0) is 16.6 Å². The van der Waals surface area contributed by atoms with Gasteiger partial charge in [0.25, 0.3) is 0 Å². The van der Waals surface area contributed by atoms with Crippen molar-refractivity contribution in [3.05, 3.63) is 29.5 Å². The summed E-state index contributed by atoms with van der Waals surface area (Å²) in [5, 5.41) is 7.49. The number of fused-ring (bicyclic) bond motifs is 1. The molecule has 0 radical (unpaired) electrons. The zero-order valence-corrected chi connectivity index (χ0v) is 10.9. The van der Waals surface area contributed by atoms with Crippen molar-refractivity contribution in [2.24, 2.45) is 7.05 Å². The van der Waals surface area contributed by atoms with Crippen LogP contribution in [0.5, 0.6) is 0 Å². The van der Waals surface area contributed by atoms with E-state index in [1.807, 2.05) is 0 Å². The van der Waals surface area contributed by atoms with Crippen LogP contribution < -0.4 is 5.32 Å². The number of carbonyl (C=O) groups excluding carboxylic acids is 3. The lowest BCUT2D eigenvalue weighted by Crippen LogP contribution is -2.40. The topological polar surface area (TPSA) is 81.1 Å². The molecular weight excluding hydrogens is 258 g/mol. The Hall–Kier alpha value is -2.50. The molecule has 1 aliphatic rings. The number of rotatable bonds is 2. The molecule has 2 amide bonds. The first-order chi connectivity index (χ1) is 9.60. The van der Waals surface area contributed by atoms with Gasteiger partial charge in [-0.05, 0) is 24.6 Å². The lowest BCUT2D eigenvalue weighted by atomic mass is 9.92. The Morgan fingerprint density at radius 1 is 1.40 bits per heavy atom. The number of aldehydes is 1. The Balaban J connectivity index is 2.14. The first kappa shape index (κ1) is 12.5. The SMILES string of the molecule is Cn1nc2ccc(C=O)cc2c1C1CCC(=O)NC1=O. The maximum absolute atomic E-state index is 12.0. The maximum atomic E-state index is 12.0. The highest BCUT2D eigenvalue weighted by Gasteiger charge is 2.31. The van der Waals surface area contributed by atoms with Gasteiger partial charge in [-0.1, -0.05) is 0 Å². The van der Waals surface area contributed by atoms with Crippen LogP contribution in [0.15, 0.2) is 18.2 Å². The summed E-state index contributed by atoms with van der Waals surface area (Å²) in [7, 11) is 1.76. The second-order valence-corrected chi connectivity index (χ2v) is 4.91. The second-order valence-electron chi connectivity index (χ2n) is 4.91. The molecule has 1 aliphatic heterocycles. The largest absolute Gasteiger partial charge is 0.298 e. The van der Waals surface area contributed by atoms with E-state index in [1.165, 1.54) is 0 Å². The van der Waals surface area contributed by atoms with Crippen molar-refractivity contribution in [3.8, 4) is 0 Å². The van der Waals surface area contributed by atoms with E-state index in [1.54, 1.807) is 29.9 Å². The first-order valence-electron chi connectivity index (χ1n) is 6.35. The summed E-state index contributed by atoms with van der Waals surface area (Å²) in [4.78, 5) is 34.1. The van der Waals surface area contributed by atoms with Crippen molar-refractivity contribution in [2.45, 2.75) is 18.8 Å². The number of carbonyl (C=O) groups is 3. The lowest BCUT2D eigenvalue weighted by Gasteiger charge is -2.21. The Morgan fingerprint density at radius 3 is 2.90 bits per heavy atom. The van der Waals surface area contributed by atoms with Crippen molar-refractivity contribution in [2.75, 3.05) is 0 Å². The molecule has 2 heterocycles. The van der Waals surface area contributed by atoms with Crippen LogP contribution in [0, 0.1) is 0 Å². The predicted molar refractivity (Wildman–Crippen MR) is 71.2 cm³/mol. The molecule has 1 unspecified atom stereocenters. The van der Waals surface area contributed by atoms with Crippen molar-refractivity contribution in [1.82, 2.24) is 15.1 Å². The molecule has 1 atom stereocenters. The third kappa shape index (κ3) is 1.89. The number of benzene rings is 1. The third-order valence-electron chi connectivity index (χ3n) is 3.61. The second kappa shape index (κ2) is 4.56. The number of hydrogen-bond acceptors (Lipinski definition) is 4. The summed E-state index contributed by atoms with van der Waals surface area (Å²) in [6.07, 6.45) is 1.54. The van der Waals surface area contributed by atoms with Crippen LogP contribution in [-0.4, -0.2) is 27.9 Å². The molecule has 1 N–H and O–H groups in total. The lowest BCUT2D eigenvalue weighted by molar-refractivity contribution is -0.134. The summed E-state index contributed by atoms with van der Waals surface area (Å²) in [5.41, 5.74) is 2.02. The number of nitrogens with zero attached hydrogens (tertiary/aromatic N) is 2. The van der Waals surface area contributed by atoms with Gasteiger partial charge < -0.3 is 0 Å². The van der Waals surface area contributed by atoms with E-state index < -0.39 is 5.92 Å². The Kier molecular flexibility index (Phi) is 2.85. The fraction of sp³-hybridized carbons (Fsp3) is 0.286. The van der Waals surface area contributed by atoms with Crippen molar-refractivity contribution in [1.29, 1.82) is 0 Å². The van der Waals surface area contributed by atoms with Gasteiger partial charge in [-0.15, -0.1) is 0 Å². The molecule has 0 spiro atoms. The molecular formula is C14H13N3O3. The molecule has 1 fully saturated rings. The minimum atomic E-state index is -0.412. The van der Waals surface area contributed by atoms with Crippen LogP contribution in [0.25, 0.3) is 10.9 Å². The molecule has 1 aromatic heterocycles. The summed E-state index contributed by atoms with van der Waals surface area (Å²) < 4.78 is 1.65. The summed E-state index contributed by atoms with van der Waals surface area (Å²) >= 11 is 0. The predicted octanol–water partition coefficient (Wildman–Crippen LogP) is 0.906. The molecule has 0 aliphatic carbocycles. The zero-order valence-electron chi connectivity index (χ0n) is 10.9. The van der Waals surface area contributed by atoms with E-state index in [0.29, 0.717) is 18.4 Å². The molecule has 3 rings (SSSR count). The Bertz CT molecular complexity index is 733. The standard InChI is InChI=1S/C14H13N3O3/c1-17-13(9-3-5-12(19)15-14(9)20)10-6-8(7-18)2-4-11(10)16-17/h2,4,6-7,9H,3,5H2,1H3,(H,15,19,20). The van der Waals surface area contributed by atoms with Gasteiger partial charge >= 0.3 is 0 Å². The normalized spacial score (nSPS) is 19.1. The van der Waals surface area contributed by atoms with E-state index in [9.17, 15) is 14.4 Å². The van der Waals surface area contributed by atoms with Crippen molar-refractivity contribution in [3.63, 3.8) is 0 Å². The Labute approximate surface area is 114 Å². The highest BCUT2D eigenvalue weighted by atomic mass is 16.2. The zero-order chi connectivity index (χ0) is 14.3. The molecule has 1 saturated heterocycles. The molecule has 20 heavy (non-hydrogen) atoms. The minimum absolute atomic E-state index is 0.244. The molecule has 102 valence electrons. The highest BCUT2D eigenvalue weighted by Crippen LogP contribution is 2.30. The number of imide groups is 1. The van der Waals surface area contributed by atoms with E-state index in [4.69, 9.17) is 0 Å². The molecule has 0 bridgehead atoms. The minimum Gasteiger partial charge on any atom is -0.298 e. The van der Waals surface area contributed by atoms with Gasteiger partial charge in [0.15, 0.2) is 0 Å². The quantitative estimate of drug-likeness (QED) is 0.650. The molecule has 0 saturated carbocycles. The number of nitrogens with one attached hydrogen (secondary N) is 1. The highest BCUT2D eigenvalue weighted by molar-refractivity contribution is 6.02. The number of aromatic nitrogens is 2. The van der Waals surface area contributed by atoms with Crippen molar-refractivity contribution >= 4 is 29.0 Å². The Morgan fingerprint density at radius 2 is 2.20 bits per heavy atom. The van der Waals surface area contributed by atoms with E-state index in [-0.39, 0.29) is 11.8 Å². The fourth-order valence-corrected chi connectivity index (χ4v) is 2.68. The van der Waals surface area contributed by atoms with Gasteiger partial charge in [-0.2, -0.15) is 5.10 Å². The van der Waals surface area contributed by atoms with Crippen LogP contribution in [0.4, 0.5) is 0 Å². The number of piperidine rings is 1. The number of aryl methyl sites for hydroxylation is 1. The van der Waals surface area contributed by atoms with Crippen LogP contribution in [0.2, 0.25) is 0 Å². The molecule has 2 aromatic rings. The molecule has 6 heteroatoms. The summed E-state index contributed by atoms with van der Waals surface area (Å²) in [5.74, 6) is -0.960. The van der Waals surface area contributed by atoms with E-state index in [0.717, 1.165) is 22.9 Å². The summed E-state index contributed by atoms with van der Waals surface area (Å²) in [6, 6.07) is 5.18. The average molecular weight is 271 g/mol. The monoisotopic (exact) mass is 271 g/mol. The van der Waals surface area contributed by atoms with Crippen LogP contribution in [0.1, 0.15) is 34.8 Å². The van der Waals surface area contributed by atoms with Gasteiger partial charge in [0.1, 0.15) is 6.29 Å². The fourth-order valence-electron chi connectivity index (χ4n) is 2.68. The number of amides is 2. The molecule has 6 nitrogen and oxygen atoms in total. The smallest absolute Gasteiger partial charge is 0.235 e. The number of hydrogen-bond donors (Lipinski definition) is 1. The van der Waals surface area contributed by atoms with Crippen LogP contribution >= 0.6 is 0 Å². The third-order valence-corrected chi connectivity index (χ3v) is 3.61. The van der Waals surface area contributed by atoms with Crippen molar-refractivity contribution < 1.29 is 14.4 Å². The average Bonchev–Trinajstić information content (AvgIpc) is 2.74. The molecule has 1 aromatic carbocycles.